The van der Waals surface area contributed by atoms with Gasteiger partial charge in [-0.25, -0.2) is 9.78 Å². The molecular weight excluding hydrogens is 327 g/mol. The van der Waals surface area contributed by atoms with Crippen LogP contribution in [0.5, 0.6) is 5.75 Å². The molecule has 0 fully saturated rings. The summed E-state index contributed by atoms with van der Waals surface area (Å²) in [6.45, 7) is -1.18. The molecule has 1 aromatic heterocycles. The first-order valence-corrected chi connectivity index (χ1v) is 6.92. The number of methoxy groups -OCH3 is 1. The minimum Gasteiger partial charge on any atom is -0.482 e. The number of carbonyl (C=O) groups is 1. The molecule has 130 valence electrons. The zero-order valence-corrected chi connectivity index (χ0v) is 13.1. The van der Waals surface area contributed by atoms with Gasteiger partial charge in [-0.15, -0.1) is 0 Å². The Kier molecular flexibility index (Phi) is 5.32. The molecule has 0 amide bonds. The third kappa shape index (κ3) is 4.64. The van der Waals surface area contributed by atoms with Gasteiger partial charge in [0.15, 0.2) is 6.61 Å². The Morgan fingerprint density at radius 2 is 2.12 bits per heavy atom. The van der Waals surface area contributed by atoms with Gasteiger partial charge in [0.1, 0.15) is 11.6 Å². The van der Waals surface area contributed by atoms with E-state index in [0.29, 0.717) is 11.5 Å². The zero-order chi connectivity index (χ0) is 17.7. The summed E-state index contributed by atoms with van der Waals surface area (Å²) < 4.78 is 48.4. The average molecular weight is 343 g/mol. The van der Waals surface area contributed by atoms with E-state index in [4.69, 9.17) is 4.74 Å². The van der Waals surface area contributed by atoms with Crippen molar-refractivity contribution >= 4 is 11.7 Å². The molecule has 1 N–H and O–H groups in total. The molecule has 0 aliphatic heterocycles. The number of rotatable bonds is 6. The summed E-state index contributed by atoms with van der Waals surface area (Å²) in [6, 6.07) is 4.10. The molecule has 0 spiro atoms. The van der Waals surface area contributed by atoms with Crippen molar-refractivity contribution in [2.24, 2.45) is 7.05 Å². The molecular formula is C15H16F3N3O3. The second-order valence-corrected chi connectivity index (χ2v) is 4.91. The Morgan fingerprint density at radius 1 is 1.38 bits per heavy atom. The number of hydrogen-bond acceptors (Lipinski definition) is 5. The van der Waals surface area contributed by atoms with E-state index in [-0.39, 0.29) is 17.9 Å². The van der Waals surface area contributed by atoms with Crippen LogP contribution in [0.2, 0.25) is 0 Å². The van der Waals surface area contributed by atoms with E-state index in [1.54, 1.807) is 24.0 Å². The van der Waals surface area contributed by atoms with Crippen molar-refractivity contribution in [3.05, 3.63) is 42.0 Å². The molecule has 0 saturated carbocycles. The lowest BCUT2D eigenvalue weighted by atomic mass is 10.2. The van der Waals surface area contributed by atoms with Crippen molar-refractivity contribution in [1.29, 1.82) is 0 Å². The van der Waals surface area contributed by atoms with Gasteiger partial charge in [0.2, 0.25) is 0 Å². The van der Waals surface area contributed by atoms with Crippen LogP contribution in [-0.4, -0.2) is 35.4 Å². The summed E-state index contributed by atoms with van der Waals surface area (Å²) in [7, 11) is 2.98. The maximum atomic E-state index is 12.4. The monoisotopic (exact) mass is 343 g/mol. The number of ether oxygens (including phenoxy) is 2. The first kappa shape index (κ1) is 17.6. The third-order valence-electron chi connectivity index (χ3n) is 3.15. The van der Waals surface area contributed by atoms with Crippen molar-refractivity contribution in [3.63, 3.8) is 0 Å². The smallest absolute Gasteiger partial charge is 0.422 e. The van der Waals surface area contributed by atoms with Crippen LogP contribution in [0, 0.1) is 0 Å². The van der Waals surface area contributed by atoms with Gasteiger partial charge in [0.05, 0.1) is 24.9 Å². The largest absolute Gasteiger partial charge is 0.482 e. The molecule has 0 saturated heterocycles. The first-order valence-electron chi connectivity index (χ1n) is 6.92. The molecule has 6 nitrogen and oxygen atoms in total. The Hall–Kier alpha value is -2.71. The quantitative estimate of drug-likeness (QED) is 0.817. The highest BCUT2D eigenvalue weighted by atomic mass is 19.4. The lowest BCUT2D eigenvalue weighted by molar-refractivity contribution is -0.153. The number of hydrogen-bond donors (Lipinski definition) is 1. The van der Waals surface area contributed by atoms with E-state index in [1.807, 2.05) is 0 Å². The van der Waals surface area contributed by atoms with E-state index in [1.165, 1.54) is 25.3 Å². The highest BCUT2D eigenvalue weighted by molar-refractivity contribution is 5.90. The van der Waals surface area contributed by atoms with Crippen molar-refractivity contribution in [2.45, 2.75) is 12.7 Å². The molecule has 9 heteroatoms. The van der Waals surface area contributed by atoms with Gasteiger partial charge >= 0.3 is 12.1 Å². The number of alkyl halides is 3. The topological polar surface area (TPSA) is 65.4 Å². The van der Waals surface area contributed by atoms with E-state index in [2.05, 4.69) is 15.0 Å². The van der Waals surface area contributed by atoms with Crippen LogP contribution in [-0.2, 0) is 18.3 Å². The van der Waals surface area contributed by atoms with E-state index >= 15 is 0 Å². The highest BCUT2D eigenvalue weighted by Crippen LogP contribution is 2.28. The Bertz CT molecular complexity index is 713. The number of benzene rings is 1. The number of imidazole rings is 1. The molecule has 2 rings (SSSR count). The number of nitrogens with zero attached hydrogens (tertiary/aromatic N) is 2. The van der Waals surface area contributed by atoms with Crippen LogP contribution in [0.3, 0.4) is 0 Å². The van der Waals surface area contributed by atoms with Crippen LogP contribution >= 0.6 is 0 Å². The van der Waals surface area contributed by atoms with Crippen molar-refractivity contribution in [3.8, 4) is 5.75 Å². The fraction of sp³-hybridized carbons (Fsp3) is 0.333. The number of halogens is 3. The Morgan fingerprint density at radius 3 is 2.71 bits per heavy atom. The van der Waals surface area contributed by atoms with Crippen LogP contribution in [0.4, 0.5) is 18.9 Å². The minimum absolute atomic E-state index is 0.0931. The highest BCUT2D eigenvalue weighted by Gasteiger charge is 2.29. The van der Waals surface area contributed by atoms with Gasteiger partial charge < -0.3 is 19.4 Å². The predicted octanol–water partition coefficient (Wildman–Crippen LogP) is 2.76. The van der Waals surface area contributed by atoms with E-state index in [0.717, 1.165) is 0 Å². The van der Waals surface area contributed by atoms with Crippen LogP contribution < -0.4 is 10.1 Å². The lowest BCUT2D eigenvalue weighted by Gasteiger charge is -2.15. The molecule has 0 aliphatic carbocycles. The molecule has 0 aliphatic rings. The summed E-state index contributed by atoms with van der Waals surface area (Å²) in [6.07, 6.45) is -1.13. The molecule has 1 aromatic carbocycles. The fourth-order valence-electron chi connectivity index (χ4n) is 1.93. The van der Waals surface area contributed by atoms with Gasteiger partial charge in [-0.2, -0.15) is 13.2 Å². The maximum absolute atomic E-state index is 12.4. The van der Waals surface area contributed by atoms with E-state index in [9.17, 15) is 18.0 Å². The number of esters is 1. The summed E-state index contributed by atoms with van der Waals surface area (Å²) in [5.41, 5.74) is 0.409. The lowest BCUT2D eigenvalue weighted by Crippen LogP contribution is -2.20. The molecule has 2 aromatic rings. The molecule has 0 unspecified atom stereocenters. The second-order valence-electron chi connectivity index (χ2n) is 4.91. The number of aryl methyl sites for hydroxylation is 1. The van der Waals surface area contributed by atoms with Crippen LogP contribution in [0.1, 0.15) is 16.2 Å². The summed E-state index contributed by atoms with van der Waals surface area (Å²) in [5, 5.41) is 2.95. The summed E-state index contributed by atoms with van der Waals surface area (Å²) in [4.78, 5) is 15.6. The van der Waals surface area contributed by atoms with Crippen LogP contribution in [0.25, 0.3) is 0 Å². The van der Waals surface area contributed by atoms with Gasteiger partial charge in [-0.05, 0) is 18.2 Å². The number of nitrogens with one attached hydrogen (secondary N) is 1. The van der Waals surface area contributed by atoms with Gasteiger partial charge in [-0.1, -0.05) is 0 Å². The molecule has 24 heavy (non-hydrogen) atoms. The average Bonchev–Trinajstić information content (AvgIpc) is 2.95. The number of anilines is 1. The minimum atomic E-state index is -4.49. The van der Waals surface area contributed by atoms with Gasteiger partial charge in [0, 0.05) is 19.4 Å². The number of carbonyl (C=O) groups excluding carboxylic acids is 1. The molecule has 1 heterocycles. The maximum Gasteiger partial charge on any atom is 0.422 e. The predicted molar refractivity (Wildman–Crippen MR) is 79.9 cm³/mol. The first-order chi connectivity index (χ1) is 11.3. The van der Waals surface area contributed by atoms with Gasteiger partial charge in [-0.3, -0.25) is 0 Å². The summed E-state index contributed by atoms with van der Waals surface area (Å²) in [5.74, 6) is -0.0687. The van der Waals surface area contributed by atoms with Crippen LogP contribution in [0.15, 0.2) is 30.6 Å². The van der Waals surface area contributed by atoms with Crippen molar-refractivity contribution in [1.82, 2.24) is 9.55 Å². The van der Waals surface area contributed by atoms with Crippen molar-refractivity contribution < 1.29 is 27.4 Å². The normalized spacial score (nSPS) is 11.2. The second kappa shape index (κ2) is 7.24. The Balaban J connectivity index is 2.20. The third-order valence-corrected chi connectivity index (χ3v) is 3.15. The Labute approximate surface area is 136 Å². The zero-order valence-electron chi connectivity index (χ0n) is 13.1. The molecule has 0 bridgehead atoms. The fourth-order valence-corrected chi connectivity index (χ4v) is 1.93. The SMILES string of the molecule is COC(=O)c1ccc(NCc2nccn2C)c(OCC(F)(F)F)c1. The van der Waals surface area contributed by atoms with Crippen molar-refractivity contribution in [2.75, 3.05) is 19.0 Å². The summed E-state index contributed by atoms with van der Waals surface area (Å²) >= 11 is 0. The molecule has 0 atom stereocenters. The van der Waals surface area contributed by atoms with E-state index < -0.39 is 18.8 Å². The molecule has 0 radical (unpaired) electrons. The number of aromatic nitrogens is 2. The van der Waals surface area contributed by atoms with Gasteiger partial charge in [0.25, 0.3) is 0 Å². The standard InChI is InChI=1S/C15H16F3N3O3/c1-21-6-5-19-13(21)8-20-11-4-3-10(14(22)23-2)7-12(11)24-9-15(16,17)18/h3-7,20H,8-9H2,1-2H3.